The number of carbonyl (C=O) groups is 1. The van der Waals surface area contributed by atoms with E-state index in [1.807, 2.05) is 18.2 Å². The molecule has 1 fully saturated rings. The predicted molar refractivity (Wildman–Crippen MR) is 122 cm³/mol. The van der Waals surface area contributed by atoms with Crippen LogP contribution in [-0.2, 0) is 6.42 Å². The average Bonchev–Trinajstić information content (AvgIpc) is 3.50. The fourth-order valence-corrected chi connectivity index (χ4v) is 5.43. The highest BCUT2D eigenvalue weighted by molar-refractivity contribution is 7.09. The van der Waals surface area contributed by atoms with Crippen LogP contribution in [0.5, 0.6) is 0 Å². The molecule has 30 heavy (non-hydrogen) atoms. The van der Waals surface area contributed by atoms with Crippen molar-refractivity contribution in [3.63, 3.8) is 0 Å². The number of carbonyl (C=O) groups excluding carboxylic acids is 1. The number of benzene rings is 1. The number of aromatic nitrogens is 2. The van der Waals surface area contributed by atoms with Crippen molar-refractivity contribution in [2.45, 2.75) is 70.4 Å². The quantitative estimate of drug-likeness (QED) is 0.529. The Morgan fingerprint density at radius 2 is 2.03 bits per heavy atom. The Balaban J connectivity index is 1.69. The fraction of sp³-hybridized carbons (Fsp3) is 0.500. The molecule has 6 heteroatoms. The predicted octanol–water partition coefficient (Wildman–Crippen LogP) is 5.08. The number of imidazole rings is 1. The molecule has 2 N–H and O–H groups in total. The summed E-state index contributed by atoms with van der Waals surface area (Å²) in [6.07, 6.45) is 6.66. The van der Waals surface area contributed by atoms with E-state index in [1.54, 1.807) is 11.3 Å². The Labute approximate surface area is 182 Å². The number of hydrogen-bond donors (Lipinski definition) is 2. The van der Waals surface area contributed by atoms with Crippen molar-refractivity contribution in [3.05, 3.63) is 52.0 Å². The van der Waals surface area contributed by atoms with E-state index >= 15 is 0 Å². The van der Waals surface area contributed by atoms with Gasteiger partial charge in [0.05, 0.1) is 23.2 Å². The van der Waals surface area contributed by atoms with Crippen LogP contribution in [-0.4, -0.2) is 32.7 Å². The van der Waals surface area contributed by atoms with Crippen LogP contribution in [0.3, 0.4) is 0 Å². The summed E-state index contributed by atoms with van der Waals surface area (Å²) in [6.45, 7) is 4.43. The van der Waals surface area contributed by atoms with Crippen molar-refractivity contribution in [2.24, 2.45) is 0 Å². The first kappa shape index (κ1) is 21.1. The van der Waals surface area contributed by atoms with Crippen LogP contribution in [0.25, 0.3) is 11.0 Å². The molecule has 1 aliphatic carbocycles. The molecule has 2 aromatic heterocycles. The maximum Gasteiger partial charge on any atom is 0.251 e. The zero-order valence-electron chi connectivity index (χ0n) is 17.9. The number of hydrogen-bond acceptors (Lipinski definition) is 4. The number of nitrogens with one attached hydrogen (secondary N) is 1. The Kier molecular flexibility index (Phi) is 6.25. The van der Waals surface area contributed by atoms with Crippen molar-refractivity contribution in [1.29, 1.82) is 0 Å². The van der Waals surface area contributed by atoms with E-state index in [4.69, 9.17) is 4.98 Å². The van der Waals surface area contributed by atoms with Gasteiger partial charge >= 0.3 is 0 Å². The van der Waals surface area contributed by atoms with Crippen molar-refractivity contribution in [3.8, 4) is 0 Å². The minimum absolute atomic E-state index is 0.00471. The molecule has 3 aromatic rings. The minimum Gasteiger partial charge on any atom is -0.394 e. The van der Waals surface area contributed by atoms with E-state index in [1.165, 1.54) is 4.88 Å². The summed E-state index contributed by atoms with van der Waals surface area (Å²) in [5.41, 5.74) is 2.10. The van der Waals surface area contributed by atoms with Crippen molar-refractivity contribution >= 4 is 28.3 Å². The van der Waals surface area contributed by atoms with E-state index < -0.39 is 5.54 Å². The Morgan fingerprint density at radius 3 is 2.67 bits per heavy atom. The number of thiophene rings is 1. The molecule has 4 rings (SSSR count). The monoisotopic (exact) mass is 425 g/mol. The standard InChI is InChI=1S/C24H31N3O2S/c1-3-18(4-2)27-21-10-9-17(23(29)26-24(16-28)11-5-6-12-24)14-20(21)25-22(27)15-19-8-7-13-30-19/h7-10,13-14,18,28H,3-6,11-12,15-16H2,1-2H3,(H,26,29). The lowest BCUT2D eigenvalue weighted by atomic mass is 9.98. The molecular formula is C24H31N3O2S. The van der Waals surface area contributed by atoms with E-state index in [0.717, 1.165) is 61.8 Å². The van der Waals surface area contributed by atoms with Gasteiger partial charge in [0, 0.05) is 22.9 Å². The summed E-state index contributed by atoms with van der Waals surface area (Å²) >= 11 is 1.75. The molecule has 0 saturated heterocycles. The van der Waals surface area contributed by atoms with Crippen LogP contribution in [0.2, 0.25) is 0 Å². The van der Waals surface area contributed by atoms with Gasteiger partial charge in [-0.1, -0.05) is 32.8 Å². The van der Waals surface area contributed by atoms with Gasteiger partial charge in [0.15, 0.2) is 0 Å². The van der Waals surface area contributed by atoms with E-state index in [9.17, 15) is 9.90 Å². The maximum atomic E-state index is 12.9. The Hall–Kier alpha value is -2.18. The van der Waals surface area contributed by atoms with Crippen LogP contribution in [0.4, 0.5) is 0 Å². The summed E-state index contributed by atoms with van der Waals surface area (Å²) < 4.78 is 2.36. The number of rotatable bonds is 8. The molecule has 160 valence electrons. The summed E-state index contributed by atoms with van der Waals surface area (Å²) in [6, 6.07) is 10.5. The van der Waals surface area contributed by atoms with Crippen LogP contribution >= 0.6 is 11.3 Å². The summed E-state index contributed by atoms with van der Waals surface area (Å²) in [4.78, 5) is 19.2. The van der Waals surface area contributed by atoms with Gasteiger partial charge in [-0.25, -0.2) is 4.98 Å². The molecule has 2 heterocycles. The molecule has 0 radical (unpaired) electrons. The van der Waals surface area contributed by atoms with Crippen molar-refractivity contribution in [1.82, 2.24) is 14.9 Å². The third-order valence-corrected chi connectivity index (χ3v) is 7.36. The summed E-state index contributed by atoms with van der Waals surface area (Å²) in [5.74, 6) is 0.936. The van der Waals surface area contributed by atoms with Gasteiger partial charge in [-0.15, -0.1) is 11.3 Å². The van der Waals surface area contributed by atoms with Crippen molar-refractivity contribution < 1.29 is 9.90 Å². The Morgan fingerprint density at radius 1 is 1.27 bits per heavy atom. The normalized spacial score (nSPS) is 15.9. The Bertz CT molecular complexity index is 999. The molecule has 0 aliphatic heterocycles. The van der Waals surface area contributed by atoms with Gasteiger partial charge in [-0.05, 0) is 55.3 Å². The largest absolute Gasteiger partial charge is 0.394 e. The van der Waals surface area contributed by atoms with Gasteiger partial charge in [0.25, 0.3) is 5.91 Å². The van der Waals surface area contributed by atoms with E-state index in [0.29, 0.717) is 11.6 Å². The molecule has 1 aromatic carbocycles. The number of fused-ring (bicyclic) bond motifs is 1. The van der Waals surface area contributed by atoms with E-state index in [2.05, 4.69) is 41.2 Å². The lowest BCUT2D eigenvalue weighted by Gasteiger charge is -2.28. The molecule has 1 amide bonds. The molecular weight excluding hydrogens is 394 g/mol. The van der Waals surface area contributed by atoms with Gasteiger partial charge in [0.2, 0.25) is 0 Å². The van der Waals surface area contributed by atoms with Gasteiger partial charge in [0.1, 0.15) is 5.82 Å². The topological polar surface area (TPSA) is 67.2 Å². The first-order valence-electron chi connectivity index (χ1n) is 11.1. The zero-order chi connectivity index (χ0) is 21.1. The smallest absolute Gasteiger partial charge is 0.251 e. The SMILES string of the molecule is CCC(CC)n1c(Cc2cccs2)nc2cc(C(=O)NC3(CO)CCCC3)ccc21. The van der Waals surface area contributed by atoms with Crippen LogP contribution in [0, 0.1) is 0 Å². The number of aliphatic hydroxyl groups excluding tert-OH is 1. The second kappa shape index (κ2) is 8.90. The second-order valence-electron chi connectivity index (χ2n) is 8.43. The first-order valence-corrected chi connectivity index (χ1v) is 11.9. The number of aliphatic hydroxyl groups is 1. The fourth-order valence-electron chi connectivity index (χ4n) is 4.73. The second-order valence-corrected chi connectivity index (χ2v) is 9.46. The highest BCUT2D eigenvalue weighted by Crippen LogP contribution is 2.31. The number of amides is 1. The average molecular weight is 426 g/mol. The van der Waals surface area contributed by atoms with Crippen LogP contribution in [0.15, 0.2) is 35.7 Å². The van der Waals surface area contributed by atoms with Gasteiger partial charge < -0.3 is 15.0 Å². The highest BCUT2D eigenvalue weighted by atomic mass is 32.1. The molecule has 0 unspecified atom stereocenters. The third kappa shape index (κ3) is 4.03. The summed E-state index contributed by atoms with van der Waals surface area (Å²) in [5, 5.41) is 15.0. The molecule has 1 aliphatic rings. The lowest BCUT2D eigenvalue weighted by Crippen LogP contribution is -2.49. The molecule has 0 atom stereocenters. The molecule has 0 spiro atoms. The zero-order valence-corrected chi connectivity index (χ0v) is 18.7. The third-order valence-electron chi connectivity index (χ3n) is 6.49. The highest BCUT2D eigenvalue weighted by Gasteiger charge is 2.35. The van der Waals surface area contributed by atoms with Crippen LogP contribution in [0.1, 0.15) is 79.5 Å². The van der Waals surface area contributed by atoms with Gasteiger partial charge in [-0.3, -0.25) is 4.79 Å². The molecule has 1 saturated carbocycles. The lowest BCUT2D eigenvalue weighted by molar-refractivity contribution is 0.0838. The summed E-state index contributed by atoms with van der Waals surface area (Å²) in [7, 11) is 0. The number of nitrogens with zero attached hydrogens (tertiary/aromatic N) is 2. The maximum absolute atomic E-state index is 12.9. The van der Waals surface area contributed by atoms with E-state index in [-0.39, 0.29) is 12.5 Å². The minimum atomic E-state index is -0.467. The molecule has 5 nitrogen and oxygen atoms in total. The molecule has 0 bridgehead atoms. The van der Waals surface area contributed by atoms with Gasteiger partial charge in [-0.2, -0.15) is 0 Å². The van der Waals surface area contributed by atoms with Crippen LogP contribution < -0.4 is 5.32 Å². The van der Waals surface area contributed by atoms with Crippen molar-refractivity contribution in [2.75, 3.05) is 6.61 Å². The first-order chi connectivity index (χ1) is 14.6.